The van der Waals surface area contributed by atoms with Crippen molar-refractivity contribution in [2.45, 2.75) is 40.0 Å². The summed E-state index contributed by atoms with van der Waals surface area (Å²) < 4.78 is 9.91. The molecule has 0 aromatic rings. The molecule has 106 valence electrons. The van der Waals surface area contributed by atoms with E-state index in [1.54, 1.807) is 13.8 Å². The number of ether oxygens (including phenoxy) is 2. The average molecular weight is 259 g/mol. The Morgan fingerprint density at radius 2 is 1.89 bits per heavy atom. The van der Waals surface area contributed by atoms with Crippen LogP contribution in [0.2, 0.25) is 0 Å². The van der Waals surface area contributed by atoms with E-state index < -0.39 is 11.9 Å². The largest absolute Gasteiger partial charge is 0.393 e. The van der Waals surface area contributed by atoms with E-state index >= 15 is 0 Å². The fourth-order valence-electron chi connectivity index (χ4n) is 1.24. The van der Waals surface area contributed by atoms with Gasteiger partial charge in [-0.2, -0.15) is 0 Å². The molecule has 0 unspecified atom stereocenters. The standard InChI is InChI=1S/C13H25NO4/c1-5-17-10-14(4)9-7-6-8-12(15)18-13(16)11(2)3/h11H,5-10H2,1-4H3. The smallest absolute Gasteiger partial charge is 0.316 e. The van der Waals surface area contributed by atoms with Crippen LogP contribution < -0.4 is 0 Å². The maximum absolute atomic E-state index is 11.3. The van der Waals surface area contributed by atoms with E-state index in [2.05, 4.69) is 4.74 Å². The quantitative estimate of drug-likeness (QED) is 0.273. The summed E-state index contributed by atoms with van der Waals surface area (Å²) in [7, 11) is 1.97. The fraction of sp³-hybridized carbons (Fsp3) is 0.846. The molecule has 0 spiro atoms. The maximum Gasteiger partial charge on any atom is 0.316 e. The second kappa shape index (κ2) is 10.0. The summed E-state index contributed by atoms with van der Waals surface area (Å²) in [5.74, 6) is -1.14. The van der Waals surface area contributed by atoms with Crippen molar-refractivity contribution in [3.05, 3.63) is 0 Å². The highest BCUT2D eigenvalue weighted by molar-refractivity contribution is 5.86. The van der Waals surface area contributed by atoms with Gasteiger partial charge in [-0.25, -0.2) is 0 Å². The van der Waals surface area contributed by atoms with E-state index in [0.717, 1.165) is 19.4 Å². The summed E-state index contributed by atoms with van der Waals surface area (Å²) in [6.45, 7) is 7.54. The Kier molecular flexibility index (Phi) is 9.50. The highest BCUT2D eigenvalue weighted by Crippen LogP contribution is 2.02. The Hall–Kier alpha value is -0.940. The predicted molar refractivity (Wildman–Crippen MR) is 68.9 cm³/mol. The predicted octanol–water partition coefficient (Wildman–Crippen LogP) is 1.81. The maximum atomic E-state index is 11.3. The lowest BCUT2D eigenvalue weighted by molar-refractivity contribution is -0.162. The van der Waals surface area contributed by atoms with Gasteiger partial charge >= 0.3 is 11.9 Å². The number of hydrogen-bond acceptors (Lipinski definition) is 5. The van der Waals surface area contributed by atoms with E-state index in [9.17, 15) is 9.59 Å². The van der Waals surface area contributed by atoms with Crippen LogP contribution >= 0.6 is 0 Å². The summed E-state index contributed by atoms with van der Waals surface area (Å²) in [5.41, 5.74) is 0. The third-order valence-corrected chi connectivity index (χ3v) is 2.37. The number of hydrogen-bond donors (Lipinski definition) is 0. The minimum absolute atomic E-state index is 0.258. The molecule has 0 aromatic carbocycles. The van der Waals surface area contributed by atoms with Gasteiger partial charge in [-0.05, 0) is 33.4 Å². The Morgan fingerprint density at radius 1 is 1.22 bits per heavy atom. The van der Waals surface area contributed by atoms with Gasteiger partial charge in [-0.3, -0.25) is 14.5 Å². The van der Waals surface area contributed by atoms with Crippen LogP contribution in [0.15, 0.2) is 0 Å². The van der Waals surface area contributed by atoms with Crippen LogP contribution in [0.5, 0.6) is 0 Å². The minimum atomic E-state index is -0.450. The molecule has 0 aliphatic heterocycles. The van der Waals surface area contributed by atoms with Gasteiger partial charge in [0.1, 0.15) is 0 Å². The lowest BCUT2D eigenvalue weighted by Gasteiger charge is -2.15. The Morgan fingerprint density at radius 3 is 2.44 bits per heavy atom. The molecule has 0 bridgehead atoms. The van der Waals surface area contributed by atoms with Gasteiger partial charge in [-0.1, -0.05) is 13.8 Å². The van der Waals surface area contributed by atoms with Gasteiger partial charge in [0, 0.05) is 13.0 Å². The summed E-state index contributed by atoms with van der Waals surface area (Å²) in [6, 6.07) is 0. The second-order valence-corrected chi connectivity index (χ2v) is 4.61. The van der Waals surface area contributed by atoms with E-state index in [1.807, 2.05) is 18.9 Å². The number of unbranched alkanes of at least 4 members (excludes halogenated alkanes) is 1. The van der Waals surface area contributed by atoms with Crippen molar-refractivity contribution in [3.8, 4) is 0 Å². The molecule has 5 nitrogen and oxygen atoms in total. The SMILES string of the molecule is CCOCN(C)CCCCC(=O)OC(=O)C(C)C. The van der Waals surface area contributed by atoms with Gasteiger partial charge in [0.05, 0.1) is 12.6 Å². The molecule has 0 aliphatic rings. The molecule has 5 heteroatoms. The lowest BCUT2D eigenvalue weighted by atomic mass is 10.2. The van der Waals surface area contributed by atoms with Crippen LogP contribution in [0.4, 0.5) is 0 Å². The zero-order valence-electron chi connectivity index (χ0n) is 11.9. The normalized spacial score (nSPS) is 11.0. The Balaban J connectivity index is 3.54. The molecule has 0 rings (SSSR count). The third-order valence-electron chi connectivity index (χ3n) is 2.37. The summed E-state index contributed by atoms with van der Waals surface area (Å²) in [6.07, 6.45) is 1.90. The minimum Gasteiger partial charge on any atom is -0.393 e. The van der Waals surface area contributed by atoms with E-state index in [4.69, 9.17) is 4.74 Å². The second-order valence-electron chi connectivity index (χ2n) is 4.61. The molecular formula is C13H25NO4. The molecule has 0 amide bonds. The number of esters is 2. The van der Waals surface area contributed by atoms with Crippen molar-refractivity contribution in [1.82, 2.24) is 4.90 Å². The van der Waals surface area contributed by atoms with Gasteiger partial charge in [0.2, 0.25) is 0 Å². The van der Waals surface area contributed by atoms with Crippen molar-refractivity contribution >= 4 is 11.9 Å². The van der Waals surface area contributed by atoms with Crippen molar-refractivity contribution in [2.75, 3.05) is 26.9 Å². The van der Waals surface area contributed by atoms with Crippen molar-refractivity contribution in [2.24, 2.45) is 5.92 Å². The molecule has 18 heavy (non-hydrogen) atoms. The molecule has 0 N–H and O–H groups in total. The van der Waals surface area contributed by atoms with Gasteiger partial charge in [-0.15, -0.1) is 0 Å². The van der Waals surface area contributed by atoms with E-state index in [-0.39, 0.29) is 5.92 Å². The van der Waals surface area contributed by atoms with E-state index in [1.165, 1.54) is 0 Å². The highest BCUT2D eigenvalue weighted by atomic mass is 16.6. The number of rotatable bonds is 9. The van der Waals surface area contributed by atoms with Crippen LogP contribution in [0.1, 0.15) is 40.0 Å². The first-order valence-corrected chi connectivity index (χ1v) is 6.48. The Bertz CT molecular complexity index is 253. The summed E-state index contributed by atoms with van der Waals surface area (Å²) in [5, 5.41) is 0. The van der Waals surface area contributed by atoms with Crippen LogP contribution in [0, 0.1) is 5.92 Å². The van der Waals surface area contributed by atoms with Gasteiger partial charge in [0.25, 0.3) is 0 Å². The molecule has 0 radical (unpaired) electrons. The molecule has 0 atom stereocenters. The number of nitrogens with zero attached hydrogens (tertiary/aromatic N) is 1. The highest BCUT2D eigenvalue weighted by Gasteiger charge is 2.13. The van der Waals surface area contributed by atoms with Crippen molar-refractivity contribution in [3.63, 3.8) is 0 Å². The molecule has 0 aromatic heterocycles. The van der Waals surface area contributed by atoms with Gasteiger partial charge in [0.15, 0.2) is 0 Å². The first-order valence-electron chi connectivity index (χ1n) is 6.48. The summed E-state index contributed by atoms with van der Waals surface area (Å²) >= 11 is 0. The monoisotopic (exact) mass is 259 g/mol. The number of carbonyl (C=O) groups excluding carboxylic acids is 2. The molecule has 0 saturated heterocycles. The number of carbonyl (C=O) groups is 2. The third kappa shape index (κ3) is 9.13. The van der Waals surface area contributed by atoms with E-state index in [0.29, 0.717) is 19.8 Å². The molecular weight excluding hydrogens is 234 g/mol. The Labute approximate surface area is 109 Å². The topological polar surface area (TPSA) is 55.8 Å². The van der Waals surface area contributed by atoms with Crippen LogP contribution in [-0.2, 0) is 19.1 Å². The average Bonchev–Trinajstić information content (AvgIpc) is 2.31. The lowest BCUT2D eigenvalue weighted by Crippen LogP contribution is -2.23. The fourth-order valence-corrected chi connectivity index (χ4v) is 1.24. The van der Waals surface area contributed by atoms with Crippen LogP contribution in [0.25, 0.3) is 0 Å². The molecule has 0 aliphatic carbocycles. The first kappa shape index (κ1) is 17.1. The first-order chi connectivity index (χ1) is 8.47. The van der Waals surface area contributed by atoms with Crippen molar-refractivity contribution in [1.29, 1.82) is 0 Å². The van der Waals surface area contributed by atoms with Crippen LogP contribution in [-0.4, -0.2) is 43.8 Å². The van der Waals surface area contributed by atoms with Gasteiger partial charge < -0.3 is 9.47 Å². The van der Waals surface area contributed by atoms with Crippen molar-refractivity contribution < 1.29 is 19.1 Å². The zero-order valence-corrected chi connectivity index (χ0v) is 11.9. The summed E-state index contributed by atoms with van der Waals surface area (Å²) in [4.78, 5) is 24.5. The van der Waals surface area contributed by atoms with Crippen LogP contribution in [0.3, 0.4) is 0 Å². The molecule has 0 heterocycles. The molecule has 0 fully saturated rings. The molecule has 0 saturated carbocycles. The zero-order chi connectivity index (χ0) is 14.0.